The van der Waals surface area contributed by atoms with Crippen molar-refractivity contribution < 1.29 is 4.79 Å². The van der Waals surface area contributed by atoms with Crippen molar-refractivity contribution in [1.29, 1.82) is 0 Å². The van der Waals surface area contributed by atoms with Gasteiger partial charge in [-0.15, -0.1) is 16.4 Å². The van der Waals surface area contributed by atoms with E-state index in [0.717, 1.165) is 13.9 Å². The molecular weight excluding hydrogens is 422 g/mol. The standard InChI is InChI=1S/C12H7Br2N5OS/c13-9-5-10(21-11(9)14)12(20)16-7-1-3-8(4-2-7)19-6-15-17-18-19/h1-6H,(H,16,20). The topological polar surface area (TPSA) is 72.7 Å². The first-order chi connectivity index (χ1) is 10.1. The summed E-state index contributed by atoms with van der Waals surface area (Å²) >= 11 is 8.10. The molecule has 0 aliphatic heterocycles. The highest BCUT2D eigenvalue weighted by atomic mass is 79.9. The molecule has 3 rings (SSSR count). The summed E-state index contributed by atoms with van der Waals surface area (Å²) in [6.45, 7) is 0. The number of nitrogens with one attached hydrogen (secondary N) is 1. The summed E-state index contributed by atoms with van der Waals surface area (Å²) in [4.78, 5) is 12.7. The van der Waals surface area contributed by atoms with Gasteiger partial charge in [0.2, 0.25) is 0 Å². The van der Waals surface area contributed by atoms with Crippen LogP contribution in [-0.2, 0) is 0 Å². The SMILES string of the molecule is O=C(Nc1ccc(-n2cnnn2)cc1)c1cc(Br)c(Br)s1. The highest BCUT2D eigenvalue weighted by Crippen LogP contribution is 2.32. The first-order valence-electron chi connectivity index (χ1n) is 5.73. The Morgan fingerprint density at radius 2 is 2.00 bits per heavy atom. The molecule has 0 unspecified atom stereocenters. The number of carbonyl (C=O) groups is 1. The molecule has 0 bridgehead atoms. The number of benzene rings is 1. The second-order valence-electron chi connectivity index (χ2n) is 3.99. The number of hydrogen-bond acceptors (Lipinski definition) is 5. The average molecular weight is 429 g/mol. The van der Waals surface area contributed by atoms with E-state index in [2.05, 4.69) is 52.7 Å². The monoisotopic (exact) mass is 427 g/mol. The van der Waals surface area contributed by atoms with E-state index in [4.69, 9.17) is 0 Å². The molecule has 0 saturated heterocycles. The Morgan fingerprint density at radius 3 is 2.57 bits per heavy atom. The predicted octanol–water partition coefficient (Wildman–Crippen LogP) is 3.50. The minimum absolute atomic E-state index is 0.151. The summed E-state index contributed by atoms with van der Waals surface area (Å²) in [6, 6.07) is 9.03. The smallest absolute Gasteiger partial charge is 0.265 e. The van der Waals surface area contributed by atoms with Crippen LogP contribution < -0.4 is 5.32 Å². The maximum atomic E-state index is 12.1. The Hall–Kier alpha value is -1.58. The second-order valence-corrected chi connectivity index (χ2v) is 7.21. The lowest BCUT2D eigenvalue weighted by Crippen LogP contribution is -2.10. The van der Waals surface area contributed by atoms with E-state index in [1.165, 1.54) is 17.7 Å². The molecule has 2 heterocycles. The van der Waals surface area contributed by atoms with Gasteiger partial charge in [0, 0.05) is 10.2 Å². The van der Waals surface area contributed by atoms with Crippen LogP contribution in [0.3, 0.4) is 0 Å². The van der Waals surface area contributed by atoms with Gasteiger partial charge in [-0.3, -0.25) is 4.79 Å². The summed E-state index contributed by atoms with van der Waals surface area (Å²) in [7, 11) is 0. The second kappa shape index (κ2) is 6.04. The van der Waals surface area contributed by atoms with E-state index in [1.807, 2.05) is 12.1 Å². The average Bonchev–Trinajstić information content (AvgIpc) is 3.11. The van der Waals surface area contributed by atoms with E-state index in [0.29, 0.717) is 10.6 Å². The van der Waals surface area contributed by atoms with Crippen LogP contribution in [-0.4, -0.2) is 26.1 Å². The van der Waals surface area contributed by atoms with E-state index >= 15 is 0 Å². The van der Waals surface area contributed by atoms with Gasteiger partial charge in [0.25, 0.3) is 5.91 Å². The predicted molar refractivity (Wildman–Crippen MR) is 86.8 cm³/mol. The summed E-state index contributed by atoms with van der Waals surface area (Å²) in [6.07, 6.45) is 1.51. The Morgan fingerprint density at radius 1 is 1.24 bits per heavy atom. The van der Waals surface area contributed by atoms with Crippen LogP contribution in [0.15, 0.2) is 44.9 Å². The van der Waals surface area contributed by atoms with Crippen LogP contribution in [0.5, 0.6) is 0 Å². The molecule has 1 amide bonds. The Bertz CT molecular complexity index is 750. The lowest BCUT2D eigenvalue weighted by molar-refractivity contribution is 0.103. The van der Waals surface area contributed by atoms with Gasteiger partial charge in [-0.1, -0.05) is 0 Å². The number of hydrogen-bond donors (Lipinski definition) is 1. The molecule has 0 atom stereocenters. The van der Waals surface area contributed by atoms with Crippen molar-refractivity contribution in [1.82, 2.24) is 20.2 Å². The number of rotatable bonds is 3. The van der Waals surface area contributed by atoms with Crippen molar-refractivity contribution in [3.8, 4) is 5.69 Å². The Labute approximate surface area is 140 Å². The maximum Gasteiger partial charge on any atom is 0.265 e. The minimum atomic E-state index is -0.151. The lowest BCUT2D eigenvalue weighted by atomic mass is 10.2. The van der Waals surface area contributed by atoms with Gasteiger partial charge in [-0.2, -0.15) is 0 Å². The molecule has 21 heavy (non-hydrogen) atoms. The van der Waals surface area contributed by atoms with Gasteiger partial charge in [0.05, 0.1) is 14.4 Å². The van der Waals surface area contributed by atoms with Crippen LogP contribution in [0.2, 0.25) is 0 Å². The van der Waals surface area contributed by atoms with Crippen molar-refractivity contribution in [3.05, 3.63) is 49.8 Å². The minimum Gasteiger partial charge on any atom is -0.321 e. The number of nitrogens with zero attached hydrogens (tertiary/aromatic N) is 4. The number of aromatic nitrogens is 4. The summed E-state index contributed by atoms with van der Waals surface area (Å²) < 4.78 is 3.30. The normalized spacial score (nSPS) is 10.6. The zero-order chi connectivity index (χ0) is 14.8. The van der Waals surface area contributed by atoms with Crippen LogP contribution in [0.4, 0.5) is 5.69 Å². The zero-order valence-corrected chi connectivity index (χ0v) is 14.3. The van der Waals surface area contributed by atoms with E-state index < -0.39 is 0 Å². The van der Waals surface area contributed by atoms with Crippen LogP contribution in [0.25, 0.3) is 5.69 Å². The van der Waals surface area contributed by atoms with Gasteiger partial charge in [-0.05, 0) is 72.6 Å². The molecule has 9 heteroatoms. The van der Waals surface area contributed by atoms with Gasteiger partial charge < -0.3 is 5.32 Å². The number of tetrazole rings is 1. The van der Waals surface area contributed by atoms with Gasteiger partial charge in [0.1, 0.15) is 6.33 Å². The third kappa shape index (κ3) is 3.20. The number of carbonyl (C=O) groups excluding carboxylic acids is 1. The number of thiophene rings is 1. The van der Waals surface area contributed by atoms with Gasteiger partial charge in [-0.25, -0.2) is 4.68 Å². The summed E-state index contributed by atoms with van der Waals surface area (Å²) in [5.41, 5.74) is 1.53. The fraction of sp³-hybridized carbons (Fsp3) is 0. The van der Waals surface area contributed by atoms with Crippen molar-refractivity contribution in [2.24, 2.45) is 0 Å². The first-order valence-corrected chi connectivity index (χ1v) is 8.13. The van der Waals surface area contributed by atoms with Crippen molar-refractivity contribution in [2.75, 3.05) is 5.32 Å². The van der Waals surface area contributed by atoms with Crippen molar-refractivity contribution >= 4 is 54.8 Å². The number of halogens is 2. The molecule has 1 aromatic carbocycles. The molecule has 3 aromatic rings. The van der Waals surface area contributed by atoms with Crippen LogP contribution in [0, 0.1) is 0 Å². The molecule has 1 N–H and O–H groups in total. The number of amides is 1. The fourth-order valence-corrected chi connectivity index (χ4v) is 3.56. The van der Waals surface area contributed by atoms with E-state index in [9.17, 15) is 4.79 Å². The lowest BCUT2D eigenvalue weighted by Gasteiger charge is -2.04. The Balaban J connectivity index is 1.74. The van der Waals surface area contributed by atoms with E-state index in [-0.39, 0.29) is 5.91 Å². The highest BCUT2D eigenvalue weighted by molar-refractivity contribution is 9.13. The van der Waals surface area contributed by atoms with Gasteiger partial charge in [0.15, 0.2) is 0 Å². The summed E-state index contributed by atoms with van der Waals surface area (Å²) in [5, 5.41) is 13.8. The summed E-state index contributed by atoms with van der Waals surface area (Å²) in [5.74, 6) is -0.151. The molecule has 0 spiro atoms. The quantitative estimate of drug-likeness (QED) is 0.692. The molecule has 106 valence electrons. The zero-order valence-electron chi connectivity index (χ0n) is 10.3. The molecule has 0 aliphatic rings. The van der Waals surface area contributed by atoms with Crippen molar-refractivity contribution in [2.45, 2.75) is 0 Å². The third-order valence-corrected chi connectivity index (χ3v) is 5.86. The van der Waals surface area contributed by atoms with Crippen LogP contribution in [0.1, 0.15) is 9.67 Å². The third-order valence-electron chi connectivity index (χ3n) is 2.61. The first kappa shape index (κ1) is 14.4. The largest absolute Gasteiger partial charge is 0.321 e. The van der Waals surface area contributed by atoms with E-state index in [1.54, 1.807) is 22.9 Å². The maximum absolute atomic E-state index is 12.1. The molecule has 6 nitrogen and oxygen atoms in total. The molecule has 2 aromatic heterocycles. The molecule has 0 fully saturated rings. The molecule has 0 radical (unpaired) electrons. The van der Waals surface area contributed by atoms with Crippen molar-refractivity contribution in [3.63, 3.8) is 0 Å². The van der Waals surface area contributed by atoms with Gasteiger partial charge >= 0.3 is 0 Å². The fourth-order valence-electron chi connectivity index (χ4n) is 1.63. The molecular formula is C12H7Br2N5OS. The molecule has 0 aliphatic carbocycles. The number of anilines is 1. The van der Waals surface area contributed by atoms with Crippen LogP contribution >= 0.6 is 43.2 Å². The molecule has 0 saturated carbocycles. The highest BCUT2D eigenvalue weighted by Gasteiger charge is 2.12. The Kier molecular flexibility index (Phi) is 4.13.